The van der Waals surface area contributed by atoms with Gasteiger partial charge in [0.2, 0.25) is 0 Å². The number of hydrogen-bond acceptors (Lipinski definition) is 4. The van der Waals surface area contributed by atoms with Crippen LogP contribution >= 0.6 is 0 Å². The number of nitrogens with one attached hydrogen (secondary N) is 1. The van der Waals surface area contributed by atoms with Gasteiger partial charge in [0.05, 0.1) is 17.3 Å². The summed E-state index contributed by atoms with van der Waals surface area (Å²) in [6.07, 6.45) is -1.74. The average Bonchev–Trinajstić information content (AvgIpc) is 2.40. The Morgan fingerprint density at radius 3 is 2.47 bits per heavy atom. The zero-order valence-electron chi connectivity index (χ0n) is 9.72. The Bertz CT molecular complexity index is 542. The van der Waals surface area contributed by atoms with E-state index >= 15 is 0 Å². The van der Waals surface area contributed by atoms with Crippen molar-refractivity contribution in [2.45, 2.75) is 12.2 Å². The molecule has 2 aromatic rings. The van der Waals surface area contributed by atoms with Crippen molar-refractivity contribution in [2.75, 3.05) is 0 Å². The zero-order valence-corrected chi connectivity index (χ0v) is 9.72. The van der Waals surface area contributed by atoms with Crippen LogP contribution in [0.1, 0.15) is 22.9 Å². The quantitative estimate of drug-likeness (QED) is 0.660. The second-order valence-corrected chi connectivity index (χ2v) is 3.82. The van der Waals surface area contributed by atoms with Crippen LogP contribution < -0.4 is 11.3 Å². The lowest BCUT2D eigenvalue weighted by Crippen LogP contribution is -2.31. The van der Waals surface area contributed by atoms with Crippen LogP contribution in [0.15, 0.2) is 42.9 Å². The molecule has 3 N–H and O–H groups in total. The molecule has 0 amide bonds. The second kappa shape index (κ2) is 5.33. The van der Waals surface area contributed by atoms with E-state index < -0.39 is 17.8 Å². The lowest BCUT2D eigenvalue weighted by molar-refractivity contribution is -0.138. The van der Waals surface area contributed by atoms with Crippen molar-refractivity contribution >= 4 is 0 Å². The fraction of sp³-hybridized carbons (Fsp3) is 0.167. The van der Waals surface area contributed by atoms with Crippen molar-refractivity contribution in [2.24, 2.45) is 5.84 Å². The van der Waals surface area contributed by atoms with E-state index in [1.54, 1.807) is 0 Å². The molecule has 0 saturated heterocycles. The highest BCUT2D eigenvalue weighted by molar-refractivity contribution is 5.36. The Morgan fingerprint density at radius 2 is 1.89 bits per heavy atom. The normalized spacial score (nSPS) is 13.3. The summed E-state index contributed by atoms with van der Waals surface area (Å²) in [6.45, 7) is 0. The van der Waals surface area contributed by atoms with E-state index in [0.717, 1.165) is 6.07 Å². The van der Waals surface area contributed by atoms with Crippen LogP contribution in [0.5, 0.6) is 0 Å². The molecule has 0 aliphatic heterocycles. The topological polar surface area (TPSA) is 63.8 Å². The Morgan fingerprint density at radius 1 is 1.16 bits per heavy atom. The molecule has 1 atom stereocenters. The molecule has 0 aliphatic rings. The molecule has 1 aromatic heterocycles. The summed E-state index contributed by atoms with van der Waals surface area (Å²) in [5.74, 6) is 5.37. The smallest absolute Gasteiger partial charge is 0.271 e. The van der Waals surface area contributed by atoms with Crippen LogP contribution in [0.25, 0.3) is 0 Å². The maximum atomic E-state index is 13.0. The van der Waals surface area contributed by atoms with E-state index in [1.807, 2.05) is 0 Å². The van der Waals surface area contributed by atoms with Crippen LogP contribution in [0.2, 0.25) is 0 Å². The van der Waals surface area contributed by atoms with Crippen LogP contribution in [0.4, 0.5) is 13.2 Å². The minimum Gasteiger partial charge on any atom is -0.271 e. The third-order valence-electron chi connectivity index (χ3n) is 2.64. The summed E-state index contributed by atoms with van der Waals surface area (Å²) in [6, 6.07) is 5.91. The molecule has 100 valence electrons. The van der Waals surface area contributed by atoms with Gasteiger partial charge < -0.3 is 0 Å². The summed E-state index contributed by atoms with van der Waals surface area (Å²) in [4.78, 5) is 7.65. The van der Waals surface area contributed by atoms with Gasteiger partial charge >= 0.3 is 6.18 Å². The van der Waals surface area contributed by atoms with E-state index in [4.69, 9.17) is 5.84 Å². The minimum absolute atomic E-state index is 0.0243. The number of rotatable bonds is 3. The van der Waals surface area contributed by atoms with Crippen LogP contribution in [0, 0.1) is 0 Å². The van der Waals surface area contributed by atoms with E-state index in [-0.39, 0.29) is 5.56 Å². The van der Waals surface area contributed by atoms with E-state index in [9.17, 15) is 13.2 Å². The van der Waals surface area contributed by atoms with Crippen LogP contribution in [-0.2, 0) is 6.18 Å². The van der Waals surface area contributed by atoms with Gasteiger partial charge in [-0.15, -0.1) is 0 Å². The van der Waals surface area contributed by atoms with E-state index in [0.29, 0.717) is 5.69 Å². The van der Waals surface area contributed by atoms with Gasteiger partial charge in [0.1, 0.15) is 6.33 Å². The van der Waals surface area contributed by atoms with E-state index in [2.05, 4.69) is 15.4 Å². The van der Waals surface area contributed by atoms with Gasteiger partial charge in [0, 0.05) is 6.20 Å². The number of nitrogens with zero attached hydrogens (tertiary/aromatic N) is 2. The molecule has 0 bridgehead atoms. The van der Waals surface area contributed by atoms with Gasteiger partial charge in [-0.2, -0.15) is 13.2 Å². The summed E-state index contributed by atoms with van der Waals surface area (Å²) in [7, 11) is 0. The Kier molecular flexibility index (Phi) is 3.77. The fourth-order valence-electron chi connectivity index (χ4n) is 1.81. The first-order valence-corrected chi connectivity index (χ1v) is 5.42. The molecule has 0 saturated carbocycles. The molecule has 1 unspecified atom stereocenters. The molecular weight excluding hydrogens is 257 g/mol. The third kappa shape index (κ3) is 2.88. The first-order chi connectivity index (χ1) is 9.04. The highest BCUT2D eigenvalue weighted by Gasteiger charge is 2.35. The third-order valence-corrected chi connectivity index (χ3v) is 2.64. The van der Waals surface area contributed by atoms with E-state index in [1.165, 1.54) is 36.8 Å². The number of hydrazine groups is 1. The number of halogens is 3. The summed E-state index contributed by atoms with van der Waals surface area (Å²) >= 11 is 0. The predicted octanol–water partition coefficient (Wildman–Crippen LogP) is 2.05. The number of benzene rings is 1. The average molecular weight is 268 g/mol. The van der Waals surface area contributed by atoms with Crippen molar-refractivity contribution in [1.29, 1.82) is 0 Å². The number of alkyl halides is 3. The zero-order chi connectivity index (χ0) is 13.9. The molecule has 1 aromatic carbocycles. The maximum absolute atomic E-state index is 13.0. The Labute approximate surface area is 107 Å². The van der Waals surface area contributed by atoms with Crippen molar-refractivity contribution in [3.63, 3.8) is 0 Å². The molecule has 0 fully saturated rings. The second-order valence-electron chi connectivity index (χ2n) is 3.82. The van der Waals surface area contributed by atoms with Gasteiger partial charge in [-0.25, -0.2) is 15.4 Å². The van der Waals surface area contributed by atoms with Crippen molar-refractivity contribution < 1.29 is 13.2 Å². The first-order valence-electron chi connectivity index (χ1n) is 5.42. The van der Waals surface area contributed by atoms with Crippen LogP contribution in [-0.4, -0.2) is 9.97 Å². The highest BCUT2D eigenvalue weighted by atomic mass is 19.4. The van der Waals surface area contributed by atoms with Crippen LogP contribution in [0.3, 0.4) is 0 Å². The summed E-state index contributed by atoms with van der Waals surface area (Å²) in [5.41, 5.74) is 2.01. The first kappa shape index (κ1) is 13.4. The van der Waals surface area contributed by atoms with Crippen molar-refractivity contribution in [3.8, 4) is 0 Å². The predicted molar refractivity (Wildman–Crippen MR) is 62.6 cm³/mol. The Balaban J connectivity index is 2.51. The van der Waals surface area contributed by atoms with Gasteiger partial charge in [0.15, 0.2) is 0 Å². The summed E-state index contributed by atoms with van der Waals surface area (Å²) < 4.78 is 38.9. The molecule has 0 aliphatic carbocycles. The molecular formula is C12H11F3N4. The van der Waals surface area contributed by atoms with Gasteiger partial charge in [-0.3, -0.25) is 5.84 Å². The SMILES string of the molecule is NNC(c1ccncn1)c1ccccc1C(F)(F)F. The molecule has 0 radical (unpaired) electrons. The standard InChI is InChI=1S/C12H11F3N4/c13-12(14,15)9-4-2-1-3-8(9)11(19-16)10-5-6-17-7-18-10/h1-7,11,19H,16H2. The van der Waals surface area contributed by atoms with Crippen molar-refractivity contribution in [3.05, 3.63) is 59.7 Å². The van der Waals surface area contributed by atoms with Crippen molar-refractivity contribution in [1.82, 2.24) is 15.4 Å². The lowest BCUT2D eigenvalue weighted by atomic mass is 9.98. The highest BCUT2D eigenvalue weighted by Crippen LogP contribution is 2.35. The molecule has 19 heavy (non-hydrogen) atoms. The molecule has 7 heteroatoms. The molecule has 4 nitrogen and oxygen atoms in total. The van der Waals surface area contributed by atoms with Gasteiger partial charge in [-0.1, -0.05) is 18.2 Å². The number of aromatic nitrogens is 2. The monoisotopic (exact) mass is 268 g/mol. The fourth-order valence-corrected chi connectivity index (χ4v) is 1.81. The molecule has 2 rings (SSSR count). The lowest BCUT2D eigenvalue weighted by Gasteiger charge is -2.20. The minimum atomic E-state index is -4.45. The molecule has 0 spiro atoms. The van der Waals surface area contributed by atoms with Gasteiger partial charge in [0.25, 0.3) is 0 Å². The molecule has 1 heterocycles. The maximum Gasteiger partial charge on any atom is 0.416 e. The number of hydrogen-bond donors (Lipinski definition) is 2. The Hall–Kier alpha value is -1.99. The largest absolute Gasteiger partial charge is 0.416 e. The summed E-state index contributed by atoms with van der Waals surface area (Å²) in [5, 5.41) is 0. The number of nitrogens with two attached hydrogens (primary N) is 1. The van der Waals surface area contributed by atoms with Gasteiger partial charge in [-0.05, 0) is 17.7 Å².